The van der Waals surface area contributed by atoms with Crippen molar-refractivity contribution in [2.45, 2.75) is 44.7 Å². The van der Waals surface area contributed by atoms with Gasteiger partial charge >= 0.3 is 0 Å². The first kappa shape index (κ1) is 24.8. The molecule has 0 fully saturated rings. The van der Waals surface area contributed by atoms with Crippen LogP contribution >= 0.6 is 11.8 Å². The maximum absolute atomic E-state index is 13.0. The fourth-order valence-electron chi connectivity index (χ4n) is 4.04. The van der Waals surface area contributed by atoms with Gasteiger partial charge in [0.25, 0.3) is 5.91 Å². The van der Waals surface area contributed by atoms with Gasteiger partial charge < -0.3 is 19.9 Å². The Morgan fingerprint density at radius 1 is 1.06 bits per heavy atom. The normalized spacial score (nSPS) is 13.9. The van der Waals surface area contributed by atoms with Crippen LogP contribution in [0.2, 0.25) is 0 Å². The number of amides is 2. The molecule has 0 aliphatic carbocycles. The minimum Gasteiger partial charge on any atom is -0.484 e. The molecule has 0 bridgehead atoms. The zero-order valence-corrected chi connectivity index (χ0v) is 20.7. The van der Waals surface area contributed by atoms with Crippen molar-refractivity contribution >= 4 is 29.3 Å². The maximum atomic E-state index is 13.0. The summed E-state index contributed by atoms with van der Waals surface area (Å²) in [4.78, 5) is 25.4. The molecule has 9 heteroatoms. The first-order valence-corrected chi connectivity index (χ1v) is 13.3. The second-order valence-corrected chi connectivity index (χ2v) is 9.46. The maximum Gasteiger partial charge on any atom is 0.258 e. The number of aryl methyl sites for hydroxylation is 1. The van der Waals surface area contributed by atoms with Crippen LogP contribution < -0.4 is 15.4 Å². The molecule has 184 valence electrons. The standard InChI is InChI=1S/C26H31N5O3S/c1-35-17-15-22(28-24(32)18-34-21-8-4-2-5-9-21)26(33)27-20-13-11-19(12-14-20)25-30-29-23-10-6-3-7-16-31(23)25/h2,4-5,8-9,11-14,22H,3,6-7,10,15-18H2,1H3,(H,27,33)(H,28,32). The Bertz CT molecular complexity index is 1120. The highest BCUT2D eigenvalue weighted by atomic mass is 32.2. The topological polar surface area (TPSA) is 98.1 Å². The Morgan fingerprint density at radius 3 is 2.63 bits per heavy atom. The van der Waals surface area contributed by atoms with Gasteiger partial charge in [0.2, 0.25) is 5.91 Å². The second-order valence-electron chi connectivity index (χ2n) is 8.47. The minimum absolute atomic E-state index is 0.148. The van der Waals surface area contributed by atoms with Crippen molar-refractivity contribution in [1.29, 1.82) is 0 Å². The predicted molar refractivity (Wildman–Crippen MR) is 139 cm³/mol. The van der Waals surface area contributed by atoms with Crippen molar-refractivity contribution in [1.82, 2.24) is 20.1 Å². The van der Waals surface area contributed by atoms with Crippen molar-refractivity contribution in [3.8, 4) is 17.1 Å². The van der Waals surface area contributed by atoms with E-state index in [1.54, 1.807) is 23.9 Å². The van der Waals surface area contributed by atoms with Crippen LogP contribution in [-0.2, 0) is 22.6 Å². The lowest BCUT2D eigenvalue weighted by Gasteiger charge is -2.18. The summed E-state index contributed by atoms with van der Waals surface area (Å²) in [6.45, 7) is 0.783. The van der Waals surface area contributed by atoms with E-state index < -0.39 is 6.04 Å². The summed E-state index contributed by atoms with van der Waals surface area (Å²) in [6, 6.07) is 16.1. The van der Waals surface area contributed by atoms with E-state index in [9.17, 15) is 9.59 Å². The SMILES string of the molecule is CSCCC(NC(=O)COc1ccccc1)C(=O)Nc1ccc(-c2nnc3n2CCCCC3)cc1. The van der Waals surface area contributed by atoms with E-state index in [0.29, 0.717) is 17.9 Å². The van der Waals surface area contributed by atoms with Gasteiger partial charge in [-0.15, -0.1) is 10.2 Å². The quantitative estimate of drug-likeness (QED) is 0.444. The van der Waals surface area contributed by atoms with E-state index in [-0.39, 0.29) is 18.4 Å². The molecule has 3 aromatic rings. The number of ether oxygens (including phenoxy) is 1. The number of rotatable bonds is 10. The lowest BCUT2D eigenvalue weighted by Crippen LogP contribution is -2.45. The molecule has 0 spiro atoms. The van der Waals surface area contributed by atoms with Crippen molar-refractivity contribution < 1.29 is 14.3 Å². The van der Waals surface area contributed by atoms with Crippen LogP contribution in [0, 0.1) is 0 Å². The molecule has 2 N–H and O–H groups in total. The minimum atomic E-state index is -0.652. The summed E-state index contributed by atoms with van der Waals surface area (Å²) >= 11 is 1.63. The lowest BCUT2D eigenvalue weighted by molar-refractivity contribution is -0.127. The molecule has 1 atom stereocenters. The van der Waals surface area contributed by atoms with Crippen molar-refractivity contribution in [2.24, 2.45) is 0 Å². The number of thioether (sulfide) groups is 1. The number of anilines is 1. The van der Waals surface area contributed by atoms with Crippen LogP contribution in [0.1, 0.15) is 31.5 Å². The van der Waals surface area contributed by atoms with E-state index in [1.165, 1.54) is 6.42 Å². The monoisotopic (exact) mass is 493 g/mol. The Kier molecular flexibility index (Phi) is 8.78. The number of hydrogen-bond donors (Lipinski definition) is 2. The van der Waals surface area contributed by atoms with Gasteiger partial charge in [0.1, 0.15) is 17.6 Å². The van der Waals surface area contributed by atoms with Gasteiger partial charge in [0, 0.05) is 24.2 Å². The molecule has 1 aromatic heterocycles. The lowest BCUT2D eigenvalue weighted by atomic mass is 10.1. The second kappa shape index (κ2) is 12.4. The zero-order chi connectivity index (χ0) is 24.5. The van der Waals surface area contributed by atoms with Crippen LogP contribution in [0.25, 0.3) is 11.4 Å². The molecule has 1 aliphatic heterocycles. The molecule has 2 heterocycles. The summed E-state index contributed by atoms with van der Waals surface area (Å²) in [6.07, 6.45) is 6.94. The van der Waals surface area contributed by atoms with E-state index in [4.69, 9.17) is 4.74 Å². The largest absolute Gasteiger partial charge is 0.484 e. The van der Waals surface area contributed by atoms with Crippen LogP contribution in [0.5, 0.6) is 5.75 Å². The highest BCUT2D eigenvalue weighted by molar-refractivity contribution is 7.98. The average molecular weight is 494 g/mol. The van der Waals surface area contributed by atoms with Gasteiger partial charge in [-0.25, -0.2) is 0 Å². The smallest absolute Gasteiger partial charge is 0.258 e. The summed E-state index contributed by atoms with van der Waals surface area (Å²) in [5.41, 5.74) is 1.63. The fourth-order valence-corrected chi connectivity index (χ4v) is 4.51. The molecule has 0 saturated heterocycles. The molecule has 2 aromatic carbocycles. The third-order valence-electron chi connectivity index (χ3n) is 5.90. The van der Waals surface area contributed by atoms with Gasteiger partial charge in [-0.3, -0.25) is 9.59 Å². The number of carbonyl (C=O) groups is 2. The summed E-state index contributed by atoms with van der Waals surface area (Å²) in [5.74, 6) is 2.67. The molecule has 0 radical (unpaired) electrons. The van der Waals surface area contributed by atoms with Crippen molar-refractivity contribution in [2.75, 3.05) is 23.9 Å². The first-order chi connectivity index (χ1) is 17.1. The highest BCUT2D eigenvalue weighted by Gasteiger charge is 2.21. The molecular formula is C26H31N5O3S. The van der Waals surface area contributed by atoms with Crippen LogP contribution in [0.15, 0.2) is 54.6 Å². The molecule has 35 heavy (non-hydrogen) atoms. The average Bonchev–Trinajstić information content (AvgIpc) is 3.14. The van der Waals surface area contributed by atoms with E-state index in [2.05, 4.69) is 25.4 Å². The zero-order valence-electron chi connectivity index (χ0n) is 19.9. The van der Waals surface area contributed by atoms with Crippen molar-refractivity contribution in [3.05, 3.63) is 60.4 Å². The van der Waals surface area contributed by atoms with Gasteiger partial charge in [-0.1, -0.05) is 24.6 Å². The Balaban J connectivity index is 1.36. The fraction of sp³-hybridized carbons (Fsp3) is 0.385. The van der Waals surface area contributed by atoms with E-state index in [1.807, 2.05) is 48.7 Å². The molecule has 8 nitrogen and oxygen atoms in total. The number of nitrogens with one attached hydrogen (secondary N) is 2. The number of fused-ring (bicyclic) bond motifs is 1. The third-order valence-corrected chi connectivity index (χ3v) is 6.54. The Morgan fingerprint density at radius 2 is 1.86 bits per heavy atom. The Labute approximate surface area is 209 Å². The van der Waals surface area contributed by atoms with Crippen molar-refractivity contribution in [3.63, 3.8) is 0 Å². The number of aromatic nitrogens is 3. The number of benzene rings is 2. The van der Waals surface area contributed by atoms with Crippen LogP contribution in [-0.4, -0.2) is 51.2 Å². The first-order valence-electron chi connectivity index (χ1n) is 11.9. The molecule has 2 amide bonds. The molecule has 1 aliphatic rings. The number of nitrogens with zero attached hydrogens (tertiary/aromatic N) is 3. The highest BCUT2D eigenvalue weighted by Crippen LogP contribution is 2.24. The third kappa shape index (κ3) is 6.85. The number of hydrogen-bond acceptors (Lipinski definition) is 6. The van der Waals surface area contributed by atoms with E-state index >= 15 is 0 Å². The molecule has 0 saturated carbocycles. The van der Waals surface area contributed by atoms with Gasteiger partial charge in [0.15, 0.2) is 12.4 Å². The van der Waals surface area contributed by atoms with Gasteiger partial charge in [-0.05, 0) is 67.7 Å². The summed E-state index contributed by atoms with van der Waals surface area (Å²) in [7, 11) is 0. The van der Waals surface area contributed by atoms with Crippen LogP contribution in [0.4, 0.5) is 5.69 Å². The van der Waals surface area contributed by atoms with Crippen LogP contribution in [0.3, 0.4) is 0 Å². The number of para-hydroxylation sites is 1. The van der Waals surface area contributed by atoms with Gasteiger partial charge in [0.05, 0.1) is 0 Å². The predicted octanol–water partition coefficient (Wildman–Crippen LogP) is 3.93. The summed E-state index contributed by atoms with van der Waals surface area (Å²) < 4.78 is 7.71. The van der Waals surface area contributed by atoms with Gasteiger partial charge in [-0.2, -0.15) is 11.8 Å². The molecule has 4 rings (SSSR count). The summed E-state index contributed by atoms with van der Waals surface area (Å²) in [5, 5.41) is 14.5. The molecular weight excluding hydrogens is 462 g/mol. The van der Waals surface area contributed by atoms with E-state index in [0.717, 1.165) is 48.8 Å². The molecule has 1 unspecified atom stereocenters. The number of carbonyl (C=O) groups excluding carboxylic acids is 2. The Hall–Kier alpha value is -3.33.